The molecule has 2 aromatic carbocycles. The lowest BCUT2D eigenvalue weighted by Crippen LogP contribution is -2.46. The molecule has 1 aliphatic heterocycles. The number of nitro groups is 2. The Morgan fingerprint density at radius 3 is 1.85 bits per heavy atom. The topological polar surface area (TPSA) is 136 Å². The number of nitro benzene ring substituents is 2. The summed E-state index contributed by atoms with van der Waals surface area (Å²) in [4.78, 5) is 22.0. The van der Waals surface area contributed by atoms with Gasteiger partial charge in [0.2, 0.25) is 10.0 Å². The highest BCUT2D eigenvalue weighted by atomic mass is 32.2. The van der Waals surface area contributed by atoms with E-state index in [1.165, 1.54) is 4.31 Å². The zero-order chi connectivity index (χ0) is 24.6. The van der Waals surface area contributed by atoms with Crippen LogP contribution in [-0.2, 0) is 16.2 Å². The van der Waals surface area contributed by atoms with Crippen molar-refractivity contribution in [3.8, 4) is 11.5 Å². The van der Waals surface area contributed by atoms with Crippen molar-refractivity contribution in [3.05, 3.63) is 62.2 Å². The lowest BCUT2D eigenvalue weighted by molar-refractivity contribution is -0.396. The van der Waals surface area contributed by atoms with Gasteiger partial charge in [-0.2, -0.15) is 17.5 Å². The fraction of sp³-hybridized carbons (Fsp3) is 0.333. The highest BCUT2D eigenvalue weighted by Gasteiger charge is 2.38. The molecule has 0 bridgehead atoms. The maximum atomic E-state index is 13.0. The van der Waals surface area contributed by atoms with E-state index in [0.717, 1.165) is 24.3 Å². The maximum Gasteiger partial charge on any atom is 0.416 e. The lowest BCUT2D eigenvalue weighted by atomic mass is 10.1. The first kappa shape index (κ1) is 24.3. The van der Waals surface area contributed by atoms with Gasteiger partial charge in [0.15, 0.2) is 0 Å². The number of hydrogen-bond acceptors (Lipinski definition) is 8. The third kappa shape index (κ3) is 5.20. The zero-order valence-electron chi connectivity index (χ0n) is 17.0. The standard InChI is InChI=1S/C18H17F3N4O7S/c1-22-6-8-23(9-7-22)33(30,31)14-4-2-13(3-5-14)32-17-15(24(26)27)10-12(18(19,20)21)11-16(17)25(28)29/h2-5,10-11H,6-9H2,1H3. The number of piperazine rings is 1. The molecule has 1 fully saturated rings. The average Bonchev–Trinajstić information content (AvgIpc) is 2.73. The Bertz CT molecular complexity index is 1140. The first-order chi connectivity index (χ1) is 15.3. The molecule has 178 valence electrons. The fourth-order valence-corrected chi connectivity index (χ4v) is 4.54. The van der Waals surface area contributed by atoms with E-state index in [9.17, 15) is 41.8 Å². The minimum atomic E-state index is -5.06. The molecule has 11 nitrogen and oxygen atoms in total. The summed E-state index contributed by atoms with van der Waals surface area (Å²) in [6.07, 6.45) is -5.06. The van der Waals surface area contributed by atoms with Crippen molar-refractivity contribution in [2.24, 2.45) is 0 Å². The van der Waals surface area contributed by atoms with Crippen molar-refractivity contribution in [2.75, 3.05) is 33.2 Å². The van der Waals surface area contributed by atoms with E-state index in [1.54, 1.807) is 0 Å². The van der Waals surface area contributed by atoms with E-state index >= 15 is 0 Å². The Labute approximate surface area is 185 Å². The number of nitrogens with zero attached hydrogens (tertiary/aromatic N) is 4. The molecule has 15 heteroatoms. The number of ether oxygens (including phenoxy) is 1. The van der Waals surface area contributed by atoms with Gasteiger partial charge in [0.25, 0.3) is 5.75 Å². The van der Waals surface area contributed by atoms with Crippen LogP contribution in [0.15, 0.2) is 41.3 Å². The summed E-state index contributed by atoms with van der Waals surface area (Å²) in [5, 5.41) is 22.6. The van der Waals surface area contributed by atoms with Gasteiger partial charge in [-0.25, -0.2) is 8.42 Å². The number of benzene rings is 2. The minimum Gasteiger partial charge on any atom is -0.444 e. The molecule has 1 saturated heterocycles. The average molecular weight is 490 g/mol. The predicted molar refractivity (Wildman–Crippen MR) is 108 cm³/mol. The number of rotatable bonds is 6. The van der Waals surface area contributed by atoms with Crippen molar-refractivity contribution in [1.82, 2.24) is 9.21 Å². The van der Waals surface area contributed by atoms with Crippen LogP contribution in [0.2, 0.25) is 0 Å². The van der Waals surface area contributed by atoms with Crippen LogP contribution < -0.4 is 4.74 Å². The number of likely N-dealkylation sites (N-methyl/N-ethyl adjacent to an activating group) is 1. The molecule has 0 amide bonds. The Kier molecular flexibility index (Phi) is 6.58. The van der Waals surface area contributed by atoms with Crippen molar-refractivity contribution in [2.45, 2.75) is 11.1 Å². The first-order valence-corrected chi connectivity index (χ1v) is 10.8. The second-order valence-corrected chi connectivity index (χ2v) is 9.07. The summed E-state index contributed by atoms with van der Waals surface area (Å²) in [6.45, 7) is 1.64. The van der Waals surface area contributed by atoms with Crippen LogP contribution in [-0.4, -0.2) is 60.7 Å². The van der Waals surface area contributed by atoms with Crippen LogP contribution in [0.25, 0.3) is 0 Å². The molecular formula is C18H17F3N4O7S. The van der Waals surface area contributed by atoms with Gasteiger partial charge in [0, 0.05) is 38.3 Å². The van der Waals surface area contributed by atoms with E-state index in [4.69, 9.17) is 4.74 Å². The molecule has 1 aliphatic rings. The third-order valence-electron chi connectivity index (χ3n) is 4.91. The van der Waals surface area contributed by atoms with Crippen LogP contribution in [0.4, 0.5) is 24.5 Å². The first-order valence-electron chi connectivity index (χ1n) is 9.31. The van der Waals surface area contributed by atoms with Gasteiger partial charge in [-0.3, -0.25) is 20.2 Å². The van der Waals surface area contributed by atoms with Crippen LogP contribution in [0.1, 0.15) is 5.56 Å². The Morgan fingerprint density at radius 2 is 1.42 bits per heavy atom. The molecule has 1 heterocycles. The SMILES string of the molecule is CN1CCN(S(=O)(=O)c2ccc(Oc3c([N+](=O)[O-])cc(C(F)(F)F)cc3[N+](=O)[O-])cc2)CC1. The summed E-state index contributed by atoms with van der Waals surface area (Å²) in [7, 11) is -1.97. The van der Waals surface area contributed by atoms with Crippen LogP contribution in [0.3, 0.4) is 0 Å². The normalized spacial score (nSPS) is 15.9. The Morgan fingerprint density at radius 1 is 0.939 bits per heavy atom. The molecule has 0 spiro atoms. The van der Waals surface area contributed by atoms with Gasteiger partial charge >= 0.3 is 17.6 Å². The molecule has 2 aromatic rings. The summed E-state index contributed by atoms with van der Waals surface area (Å²) in [5.41, 5.74) is -4.10. The second-order valence-electron chi connectivity index (χ2n) is 7.14. The van der Waals surface area contributed by atoms with E-state index in [-0.39, 0.29) is 35.9 Å². The lowest BCUT2D eigenvalue weighted by Gasteiger charge is -2.31. The summed E-state index contributed by atoms with van der Waals surface area (Å²) in [5.74, 6) is -1.24. The van der Waals surface area contributed by atoms with Gasteiger partial charge in [0.05, 0.1) is 20.3 Å². The highest BCUT2D eigenvalue weighted by molar-refractivity contribution is 7.89. The Hall–Kier alpha value is -3.30. The van der Waals surface area contributed by atoms with Crippen molar-refractivity contribution >= 4 is 21.4 Å². The molecule has 0 unspecified atom stereocenters. The van der Waals surface area contributed by atoms with Crippen molar-refractivity contribution in [3.63, 3.8) is 0 Å². The number of halogens is 3. The quantitative estimate of drug-likeness (QED) is 0.445. The van der Waals surface area contributed by atoms with Crippen LogP contribution in [0, 0.1) is 20.2 Å². The van der Waals surface area contributed by atoms with Crippen LogP contribution in [0.5, 0.6) is 11.5 Å². The van der Waals surface area contributed by atoms with Crippen molar-refractivity contribution in [1.29, 1.82) is 0 Å². The molecule has 0 aliphatic carbocycles. The van der Waals surface area contributed by atoms with Crippen LogP contribution >= 0.6 is 0 Å². The predicted octanol–water partition coefficient (Wildman–Crippen LogP) is 3.25. The van der Waals surface area contributed by atoms with E-state index in [1.807, 2.05) is 11.9 Å². The van der Waals surface area contributed by atoms with E-state index in [2.05, 4.69) is 0 Å². The number of hydrogen-bond donors (Lipinski definition) is 0. The third-order valence-corrected chi connectivity index (χ3v) is 6.83. The van der Waals surface area contributed by atoms with E-state index < -0.39 is 48.7 Å². The molecule has 0 atom stereocenters. The molecular weight excluding hydrogens is 473 g/mol. The molecule has 33 heavy (non-hydrogen) atoms. The van der Waals surface area contributed by atoms with E-state index in [0.29, 0.717) is 13.1 Å². The van der Waals surface area contributed by atoms with Gasteiger partial charge in [-0.05, 0) is 31.3 Å². The largest absolute Gasteiger partial charge is 0.444 e. The molecule has 0 N–H and O–H groups in total. The summed E-state index contributed by atoms with van der Waals surface area (Å²) >= 11 is 0. The van der Waals surface area contributed by atoms with Gasteiger partial charge in [-0.1, -0.05) is 0 Å². The maximum absolute atomic E-state index is 13.0. The smallest absolute Gasteiger partial charge is 0.416 e. The second kappa shape index (κ2) is 8.92. The van der Waals surface area contributed by atoms with Gasteiger partial charge in [-0.15, -0.1) is 0 Å². The zero-order valence-corrected chi connectivity index (χ0v) is 17.8. The summed E-state index contributed by atoms with van der Waals surface area (Å²) in [6, 6.07) is 4.76. The highest BCUT2D eigenvalue weighted by Crippen LogP contribution is 2.44. The van der Waals surface area contributed by atoms with Gasteiger partial charge in [0.1, 0.15) is 5.75 Å². The number of sulfonamides is 1. The summed E-state index contributed by atoms with van der Waals surface area (Å²) < 4.78 is 71.0. The Balaban J connectivity index is 1.95. The molecule has 0 saturated carbocycles. The number of alkyl halides is 3. The molecule has 0 radical (unpaired) electrons. The fourth-order valence-electron chi connectivity index (χ4n) is 3.11. The minimum absolute atomic E-state index is 0.101. The van der Waals surface area contributed by atoms with Gasteiger partial charge < -0.3 is 9.64 Å². The molecule has 3 rings (SSSR count). The van der Waals surface area contributed by atoms with Crippen molar-refractivity contribution < 1.29 is 36.2 Å². The monoisotopic (exact) mass is 490 g/mol. The molecule has 0 aromatic heterocycles.